The van der Waals surface area contributed by atoms with Crippen LogP contribution in [-0.4, -0.2) is 35.1 Å². The predicted octanol–water partition coefficient (Wildman–Crippen LogP) is 2.50. The van der Waals surface area contributed by atoms with E-state index in [0.29, 0.717) is 6.04 Å². The van der Waals surface area contributed by atoms with Crippen molar-refractivity contribution in [1.82, 2.24) is 4.90 Å². The van der Waals surface area contributed by atoms with Gasteiger partial charge in [0.15, 0.2) is 0 Å². The highest BCUT2D eigenvalue weighted by atomic mass is 16.4. The lowest BCUT2D eigenvalue weighted by molar-refractivity contribution is -0.145. The van der Waals surface area contributed by atoms with Crippen LogP contribution in [0.25, 0.3) is 0 Å². The van der Waals surface area contributed by atoms with E-state index in [4.69, 9.17) is 0 Å². The first-order valence-electron chi connectivity index (χ1n) is 6.65. The average molecular weight is 225 g/mol. The Bertz CT molecular complexity index is 248. The molecule has 0 unspecified atom stereocenters. The van der Waals surface area contributed by atoms with Crippen LogP contribution < -0.4 is 0 Å². The zero-order valence-electron chi connectivity index (χ0n) is 10.2. The SMILES string of the molecule is CN(C1CCCC1)[C@@H]1CCCC[C@H]1C(=O)O. The smallest absolute Gasteiger partial charge is 0.308 e. The molecule has 0 aromatic carbocycles. The number of nitrogens with zero attached hydrogens (tertiary/aromatic N) is 1. The number of hydrogen-bond acceptors (Lipinski definition) is 2. The van der Waals surface area contributed by atoms with E-state index in [9.17, 15) is 9.90 Å². The fraction of sp³-hybridized carbons (Fsp3) is 0.923. The van der Waals surface area contributed by atoms with Gasteiger partial charge in [0.2, 0.25) is 0 Å². The number of carbonyl (C=O) groups is 1. The van der Waals surface area contributed by atoms with E-state index in [2.05, 4.69) is 11.9 Å². The van der Waals surface area contributed by atoms with Crippen LogP contribution in [0.2, 0.25) is 0 Å². The van der Waals surface area contributed by atoms with Gasteiger partial charge in [-0.2, -0.15) is 0 Å². The van der Waals surface area contributed by atoms with Gasteiger partial charge in [-0.1, -0.05) is 25.7 Å². The summed E-state index contributed by atoms with van der Waals surface area (Å²) in [4.78, 5) is 13.6. The molecule has 2 fully saturated rings. The first-order chi connectivity index (χ1) is 7.70. The van der Waals surface area contributed by atoms with Crippen molar-refractivity contribution in [2.24, 2.45) is 5.92 Å². The van der Waals surface area contributed by atoms with E-state index in [1.54, 1.807) is 0 Å². The molecule has 2 rings (SSSR count). The van der Waals surface area contributed by atoms with E-state index in [1.165, 1.54) is 32.1 Å². The summed E-state index contributed by atoms with van der Waals surface area (Å²) in [6.45, 7) is 0. The molecule has 92 valence electrons. The number of carboxylic acid groups (broad SMARTS) is 1. The molecule has 0 spiro atoms. The zero-order valence-corrected chi connectivity index (χ0v) is 10.2. The third kappa shape index (κ3) is 2.40. The molecule has 3 nitrogen and oxygen atoms in total. The summed E-state index contributed by atoms with van der Waals surface area (Å²) in [6, 6.07) is 0.930. The van der Waals surface area contributed by atoms with Crippen LogP contribution >= 0.6 is 0 Å². The lowest BCUT2D eigenvalue weighted by Crippen LogP contribution is -2.47. The Balaban J connectivity index is 2.01. The van der Waals surface area contributed by atoms with Crippen LogP contribution in [0.4, 0.5) is 0 Å². The largest absolute Gasteiger partial charge is 0.481 e. The van der Waals surface area contributed by atoms with Gasteiger partial charge < -0.3 is 5.11 Å². The Morgan fingerprint density at radius 3 is 2.25 bits per heavy atom. The second-order valence-corrected chi connectivity index (χ2v) is 5.40. The Kier molecular flexibility index (Phi) is 3.85. The van der Waals surface area contributed by atoms with E-state index < -0.39 is 5.97 Å². The maximum absolute atomic E-state index is 11.3. The van der Waals surface area contributed by atoms with Crippen LogP contribution in [0.15, 0.2) is 0 Å². The second kappa shape index (κ2) is 5.17. The van der Waals surface area contributed by atoms with Crippen LogP contribution in [0.1, 0.15) is 51.4 Å². The fourth-order valence-electron chi connectivity index (χ4n) is 3.47. The molecule has 2 aliphatic carbocycles. The molecule has 2 aliphatic rings. The van der Waals surface area contributed by atoms with Crippen LogP contribution in [-0.2, 0) is 4.79 Å². The highest BCUT2D eigenvalue weighted by molar-refractivity contribution is 5.71. The van der Waals surface area contributed by atoms with Gasteiger partial charge in [0, 0.05) is 12.1 Å². The van der Waals surface area contributed by atoms with Crippen LogP contribution in [0.5, 0.6) is 0 Å². The molecule has 16 heavy (non-hydrogen) atoms. The van der Waals surface area contributed by atoms with Crippen molar-refractivity contribution in [3.63, 3.8) is 0 Å². The minimum atomic E-state index is -0.588. The number of aliphatic carboxylic acids is 1. The molecule has 0 amide bonds. The summed E-state index contributed by atoms with van der Waals surface area (Å²) < 4.78 is 0. The molecule has 0 saturated heterocycles. The van der Waals surface area contributed by atoms with E-state index in [1.807, 2.05) is 0 Å². The van der Waals surface area contributed by atoms with Gasteiger partial charge in [0.1, 0.15) is 0 Å². The molecule has 0 aliphatic heterocycles. The molecular formula is C13H23NO2. The third-order valence-electron chi connectivity index (χ3n) is 4.47. The fourth-order valence-corrected chi connectivity index (χ4v) is 3.47. The predicted molar refractivity (Wildman–Crippen MR) is 63.4 cm³/mol. The summed E-state index contributed by atoms with van der Waals surface area (Å²) in [7, 11) is 2.14. The van der Waals surface area contributed by atoms with Crippen LogP contribution in [0.3, 0.4) is 0 Å². The van der Waals surface area contributed by atoms with Crippen molar-refractivity contribution >= 4 is 5.97 Å². The quantitative estimate of drug-likeness (QED) is 0.802. The average Bonchev–Trinajstić information content (AvgIpc) is 2.81. The first kappa shape index (κ1) is 11.9. The number of carboxylic acids is 1. The van der Waals surface area contributed by atoms with Gasteiger partial charge in [0.25, 0.3) is 0 Å². The first-order valence-corrected chi connectivity index (χ1v) is 6.65. The zero-order chi connectivity index (χ0) is 11.5. The van der Waals surface area contributed by atoms with Gasteiger partial charge in [-0.25, -0.2) is 0 Å². The maximum Gasteiger partial charge on any atom is 0.308 e. The summed E-state index contributed by atoms with van der Waals surface area (Å²) >= 11 is 0. The van der Waals surface area contributed by atoms with Gasteiger partial charge in [-0.15, -0.1) is 0 Å². The molecule has 3 heteroatoms. The molecule has 0 aromatic heterocycles. The summed E-state index contributed by atoms with van der Waals surface area (Å²) in [5, 5.41) is 9.27. The van der Waals surface area contributed by atoms with Crippen molar-refractivity contribution in [2.75, 3.05) is 7.05 Å². The van der Waals surface area contributed by atoms with E-state index >= 15 is 0 Å². The van der Waals surface area contributed by atoms with Crippen molar-refractivity contribution in [2.45, 2.75) is 63.5 Å². The second-order valence-electron chi connectivity index (χ2n) is 5.40. The lowest BCUT2D eigenvalue weighted by atomic mass is 9.83. The Morgan fingerprint density at radius 2 is 1.62 bits per heavy atom. The van der Waals surface area contributed by atoms with Crippen molar-refractivity contribution in [3.05, 3.63) is 0 Å². The number of hydrogen-bond donors (Lipinski definition) is 1. The van der Waals surface area contributed by atoms with Crippen molar-refractivity contribution in [3.8, 4) is 0 Å². The summed E-state index contributed by atoms with van der Waals surface area (Å²) in [6.07, 6.45) is 9.40. The van der Waals surface area contributed by atoms with Gasteiger partial charge in [-0.3, -0.25) is 9.69 Å². The molecule has 0 aromatic rings. The third-order valence-corrected chi connectivity index (χ3v) is 4.47. The van der Waals surface area contributed by atoms with Crippen molar-refractivity contribution < 1.29 is 9.90 Å². The maximum atomic E-state index is 11.3. The minimum absolute atomic E-state index is 0.126. The van der Waals surface area contributed by atoms with Crippen molar-refractivity contribution in [1.29, 1.82) is 0 Å². The number of rotatable bonds is 3. The minimum Gasteiger partial charge on any atom is -0.481 e. The Hall–Kier alpha value is -0.570. The summed E-state index contributed by atoms with van der Waals surface area (Å²) in [5.74, 6) is -0.714. The molecule has 1 N–H and O–H groups in total. The molecule has 2 atom stereocenters. The van der Waals surface area contributed by atoms with Crippen LogP contribution in [0, 0.1) is 5.92 Å². The monoisotopic (exact) mass is 225 g/mol. The molecule has 0 radical (unpaired) electrons. The Labute approximate surface area is 97.8 Å². The molecule has 0 bridgehead atoms. The molecular weight excluding hydrogens is 202 g/mol. The van der Waals surface area contributed by atoms with E-state index in [-0.39, 0.29) is 12.0 Å². The molecule has 2 saturated carbocycles. The van der Waals surface area contributed by atoms with E-state index in [0.717, 1.165) is 19.3 Å². The molecule has 0 heterocycles. The topological polar surface area (TPSA) is 40.5 Å². The van der Waals surface area contributed by atoms with Gasteiger partial charge in [0.05, 0.1) is 5.92 Å². The highest BCUT2D eigenvalue weighted by Crippen LogP contribution is 2.32. The standard InChI is InChI=1S/C13H23NO2/c1-14(10-6-2-3-7-10)12-9-5-4-8-11(12)13(15)16/h10-12H,2-9H2,1H3,(H,15,16)/t11-,12-/m1/s1. The lowest BCUT2D eigenvalue weighted by Gasteiger charge is -2.39. The van der Waals surface area contributed by atoms with Gasteiger partial charge in [-0.05, 0) is 32.7 Å². The van der Waals surface area contributed by atoms with Gasteiger partial charge >= 0.3 is 5.97 Å². The highest BCUT2D eigenvalue weighted by Gasteiger charge is 2.36. The summed E-state index contributed by atoms with van der Waals surface area (Å²) in [5.41, 5.74) is 0. The Morgan fingerprint density at radius 1 is 1.06 bits per heavy atom. The normalized spacial score (nSPS) is 32.1.